The molecule has 0 saturated carbocycles. The number of hydrogen-bond donors (Lipinski definition) is 4. The first-order valence-electron chi connectivity index (χ1n) is 18.2. The number of aryl methyl sites for hydroxylation is 2. The van der Waals surface area contributed by atoms with E-state index in [9.17, 15) is 37.1 Å². The average molecular weight is 819 g/mol. The molecule has 2 aliphatic rings. The van der Waals surface area contributed by atoms with Crippen molar-refractivity contribution in [2.24, 2.45) is 0 Å². The van der Waals surface area contributed by atoms with E-state index >= 15 is 0 Å². The largest absolute Gasteiger partial charge is 0.490 e. The third-order valence-electron chi connectivity index (χ3n) is 10.1. The van der Waals surface area contributed by atoms with Crippen molar-refractivity contribution in [3.63, 3.8) is 0 Å². The van der Waals surface area contributed by atoms with Gasteiger partial charge in [-0.3, -0.25) is 14.9 Å². The number of nitrogens with one attached hydrogen (secondary N) is 2. The molecule has 2 aliphatic heterocycles. The molecule has 4 aromatic rings. The lowest BCUT2D eigenvalue weighted by molar-refractivity contribution is -0.192. The first-order valence-corrected chi connectivity index (χ1v) is 18.2. The number of alkyl halides is 3. The predicted octanol–water partition coefficient (Wildman–Crippen LogP) is 3.66. The zero-order valence-corrected chi connectivity index (χ0v) is 32.0. The van der Waals surface area contributed by atoms with Crippen LogP contribution < -0.4 is 26.0 Å². The number of hydrogen-bond acceptors (Lipinski definition) is 12. The van der Waals surface area contributed by atoms with Crippen molar-refractivity contribution >= 4 is 48.0 Å². The van der Waals surface area contributed by atoms with Crippen LogP contribution in [-0.4, -0.2) is 88.4 Å². The highest BCUT2D eigenvalue weighted by Gasteiger charge is 2.80. The highest BCUT2D eigenvalue weighted by Crippen LogP contribution is 2.55. The van der Waals surface area contributed by atoms with Gasteiger partial charge in [0.25, 0.3) is 5.91 Å². The Morgan fingerprint density at radius 2 is 1.64 bits per heavy atom. The van der Waals surface area contributed by atoms with Crippen molar-refractivity contribution in [2.45, 2.75) is 62.4 Å². The molecule has 6 rings (SSSR count). The number of nitrogen functional groups attached to an aromatic ring is 1. The number of aromatic nitrogens is 2. The Labute approximate surface area is 336 Å². The molecule has 59 heavy (non-hydrogen) atoms. The van der Waals surface area contributed by atoms with Gasteiger partial charge >= 0.3 is 18.1 Å². The molecule has 0 bridgehead atoms. The van der Waals surface area contributed by atoms with Gasteiger partial charge in [0.15, 0.2) is 5.54 Å². The molecule has 1 aromatic heterocycles. The Morgan fingerprint density at radius 3 is 2.25 bits per heavy atom. The first-order chi connectivity index (χ1) is 28.0. The van der Waals surface area contributed by atoms with Gasteiger partial charge in [0.05, 0.1) is 24.4 Å². The van der Waals surface area contributed by atoms with E-state index in [1.165, 1.54) is 4.90 Å². The third kappa shape index (κ3) is 9.38. The van der Waals surface area contributed by atoms with Gasteiger partial charge in [-0.15, -0.1) is 0 Å². The number of carbonyl (C=O) groups excluding carboxylic acids is 5. The summed E-state index contributed by atoms with van der Waals surface area (Å²) >= 11 is 0. The van der Waals surface area contributed by atoms with E-state index in [-0.39, 0.29) is 37.6 Å². The minimum absolute atomic E-state index is 0.0749. The molecule has 3 heterocycles. The quantitative estimate of drug-likeness (QED) is 0.0582. The number of aldehydes is 2. The maximum Gasteiger partial charge on any atom is 0.490 e. The normalized spacial score (nSPS) is 19.4. The van der Waals surface area contributed by atoms with E-state index < -0.39 is 46.4 Å². The molecule has 0 aliphatic carbocycles. The van der Waals surface area contributed by atoms with Gasteiger partial charge in [-0.25, -0.2) is 14.6 Å². The first kappa shape index (κ1) is 43.4. The van der Waals surface area contributed by atoms with E-state index in [1.54, 1.807) is 56.3 Å². The van der Waals surface area contributed by atoms with Crippen LogP contribution in [0.4, 0.5) is 24.8 Å². The summed E-state index contributed by atoms with van der Waals surface area (Å²) in [5.74, 6) is -3.85. The topological polar surface area (TPSA) is 230 Å². The van der Waals surface area contributed by atoms with Gasteiger partial charge in [0.2, 0.25) is 17.7 Å². The van der Waals surface area contributed by atoms with E-state index in [0.29, 0.717) is 54.8 Å². The van der Waals surface area contributed by atoms with Crippen LogP contribution in [0.15, 0.2) is 84.9 Å². The fraction of sp³-hybridized carbons (Fsp3) is 0.317. The lowest BCUT2D eigenvalue weighted by Crippen LogP contribution is -2.59. The smallest absolute Gasteiger partial charge is 0.478 e. The van der Waals surface area contributed by atoms with Crippen LogP contribution in [0, 0.1) is 6.92 Å². The second kappa shape index (κ2) is 17.8. The van der Waals surface area contributed by atoms with Crippen molar-refractivity contribution in [1.29, 1.82) is 0 Å². The number of benzene rings is 3. The lowest BCUT2D eigenvalue weighted by Gasteiger charge is -2.41. The second-order valence-corrected chi connectivity index (χ2v) is 14.1. The number of rotatable bonds is 15. The molecular weight excluding hydrogens is 777 g/mol. The van der Waals surface area contributed by atoms with Gasteiger partial charge in [-0.1, -0.05) is 73.7 Å². The number of carbonyl (C=O) groups is 6. The molecule has 0 spiro atoms. The minimum atomic E-state index is -5.08. The summed E-state index contributed by atoms with van der Waals surface area (Å²) in [6.45, 7) is 3.39. The molecule has 2 amide bonds. The van der Waals surface area contributed by atoms with Crippen LogP contribution in [0.5, 0.6) is 5.88 Å². The highest BCUT2D eigenvalue weighted by atomic mass is 19.4. The van der Waals surface area contributed by atoms with Gasteiger partial charge in [-0.2, -0.15) is 18.2 Å². The predicted molar refractivity (Wildman–Crippen MR) is 205 cm³/mol. The zero-order valence-electron chi connectivity index (χ0n) is 32.0. The van der Waals surface area contributed by atoms with E-state index in [1.807, 2.05) is 42.5 Å². The summed E-state index contributed by atoms with van der Waals surface area (Å²) in [5, 5.41) is 12.9. The van der Waals surface area contributed by atoms with Crippen molar-refractivity contribution in [2.75, 3.05) is 30.3 Å². The van der Waals surface area contributed by atoms with Gasteiger partial charge < -0.3 is 40.1 Å². The number of carboxylic acids is 1. The Bertz CT molecular complexity index is 2190. The van der Waals surface area contributed by atoms with Crippen LogP contribution in [0.3, 0.4) is 0 Å². The number of amides is 2. The third-order valence-corrected chi connectivity index (χ3v) is 10.1. The van der Waals surface area contributed by atoms with Gasteiger partial charge in [-0.05, 0) is 48.6 Å². The molecule has 1 fully saturated rings. The maximum atomic E-state index is 14.4. The number of aliphatic carboxylic acids is 1. The summed E-state index contributed by atoms with van der Waals surface area (Å²) in [4.78, 5) is 85.1. The standard InChI is InChI=1S/C39H40N6O7.C2HF3O2/c1-26-20-32(43-36(40)42-26)51-19-9-12-27-15-16-31-30(21-27)34(49)41-22-33(48)45(31)24-37(2,29-13-7-4-8-14-29)39(38(25-47,44-39)17-18-46)35(50)52-23-28-10-5-3-6-11-28;3-2(4,5)1(6)7/h3-8,10-11,13-16,18,20-21,25,44H,9,12,17,19,22-24H2,1-2H3,(H,41,49)(H2,40,42,43);(H,6,7)/t37?,38?,39-;/m1./s1. The number of halogens is 3. The SMILES string of the molecule is Cc1cc(OCCCc2ccc3c(c2)C(=O)NCC(=O)N3CC(C)(c2ccccc2)[C@@]2(C(=O)OCc3ccccc3)NC2(C=O)CC=O)nc(N)n1.O=C(O)C(F)(F)F. The molecule has 3 aromatic carbocycles. The molecule has 0 radical (unpaired) electrons. The number of anilines is 2. The van der Waals surface area contributed by atoms with Crippen molar-refractivity contribution in [1.82, 2.24) is 20.6 Å². The van der Waals surface area contributed by atoms with E-state index in [0.717, 1.165) is 11.1 Å². The molecule has 5 N–H and O–H groups in total. The second-order valence-electron chi connectivity index (χ2n) is 14.1. The van der Waals surface area contributed by atoms with Gasteiger partial charge in [0.1, 0.15) is 24.7 Å². The number of esters is 1. The summed E-state index contributed by atoms with van der Waals surface area (Å²) in [7, 11) is 0. The summed E-state index contributed by atoms with van der Waals surface area (Å²) in [6, 6.07) is 25.1. The number of nitrogens with zero attached hydrogens (tertiary/aromatic N) is 3. The number of fused-ring (bicyclic) bond motifs is 1. The van der Waals surface area contributed by atoms with Crippen molar-refractivity contribution < 1.29 is 56.5 Å². The Morgan fingerprint density at radius 1 is 0.983 bits per heavy atom. The molecule has 3 atom stereocenters. The fourth-order valence-corrected chi connectivity index (χ4v) is 7.17. The Kier molecular flexibility index (Phi) is 13.1. The van der Waals surface area contributed by atoms with Crippen LogP contribution in [0.25, 0.3) is 0 Å². The highest BCUT2D eigenvalue weighted by molar-refractivity contribution is 6.10. The van der Waals surface area contributed by atoms with Crippen LogP contribution in [0.2, 0.25) is 0 Å². The summed E-state index contributed by atoms with van der Waals surface area (Å²) < 4.78 is 43.4. The maximum absolute atomic E-state index is 14.4. The molecule has 1 saturated heterocycles. The van der Waals surface area contributed by atoms with Crippen molar-refractivity contribution in [3.05, 3.63) is 113 Å². The van der Waals surface area contributed by atoms with E-state index in [2.05, 4.69) is 20.6 Å². The number of nitrogens with two attached hydrogens (primary N) is 1. The summed E-state index contributed by atoms with van der Waals surface area (Å²) in [6.07, 6.45) is -3.07. The molecule has 310 valence electrons. The zero-order chi connectivity index (χ0) is 43.0. The van der Waals surface area contributed by atoms with Crippen LogP contribution in [-0.2, 0) is 47.2 Å². The fourth-order valence-electron chi connectivity index (χ4n) is 7.17. The Balaban J connectivity index is 0.000000867. The molecular formula is C41H41F3N6O9. The number of carboxylic acid groups (broad SMARTS) is 1. The van der Waals surface area contributed by atoms with Gasteiger partial charge in [0, 0.05) is 30.1 Å². The lowest BCUT2D eigenvalue weighted by atomic mass is 9.65. The monoisotopic (exact) mass is 818 g/mol. The van der Waals surface area contributed by atoms with Crippen molar-refractivity contribution in [3.8, 4) is 5.88 Å². The summed E-state index contributed by atoms with van der Waals surface area (Å²) in [5.41, 5.74) is 4.50. The average Bonchev–Trinajstić information content (AvgIpc) is 3.92. The molecule has 18 heteroatoms. The molecule has 2 unspecified atom stereocenters. The molecule has 15 nitrogen and oxygen atoms in total. The minimum Gasteiger partial charge on any atom is -0.478 e. The van der Waals surface area contributed by atoms with E-state index in [4.69, 9.17) is 25.1 Å². The Hall–Kier alpha value is -6.69. The van der Waals surface area contributed by atoms with Crippen LogP contribution >= 0.6 is 0 Å². The van der Waals surface area contributed by atoms with Crippen LogP contribution in [0.1, 0.15) is 52.5 Å². The number of ether oxygens (including phenoxy) is 2.